The number of thiophene rings is 1. The third-order valence-corrected chi connectivity index (χ3v) is 7.00. The Kier molecular flexibility index (Phi) is 6.27. The molecular formula is C23H21F2NOS2. The van der Waals surface area contributed by atoms with Crippen molar-refractivity contribution in [3.05, 3.63) is 82.6 Å². The van der Waals surface area contributed by atoms with Crippen LogP contribution in [-0.2, 0) is 0 Å². The Labute approximate surface area is 177 Å². The fraction of sp³-hybridized carbons (Fsp3) is 0.217. The van der Waals surface area contributed by atoms with Crippen molar-refractivity contribution in [2.45, 2.75) is 24.7 Å². The lowest BCUT2D eigenvalue weighted by Crippen LogP contribution is -2.17. The van der Waals surface area contributed by atoms with Crippen LogP contribution in [0.5, 0.6) is 0 Å². The molecule has 2 nitrogen and oxygen atoms in total. The second-order valence-corrected chi connectivity index (χ2v) is 8.89. The second-order valence-electron chi connectivity index (χ2n) is 6.57. The third-order valence-electron chi connectivity index (χ3n) is 4.69. The zero-order valence-electron chi connectivity index (χ0n) is 16.2. The van der Waals surface area contributed by atoms with Crippen molar-refractivity contribution < 1.29 is 13.6 Å². The number of ketones is 1. The normalized spacial score (nSPS) is 15.4. The van der Waals surface area contributed by atoms with E-state index in [2.05, 4.69) is 12.3 Å². The molecule has 2 N–H and O–H groups in total. The van der Waals surface area contributed by atoms with E-state index >= 15 is 0 Å². The number of benzene rings is 1. The average Bonchev–Trinajstić information content (AvgIpc) is 2.95. The Hall–Kier alpha value is -2.40. The summed E-state index contributed by atoms with van der Waals surface area (Å²) >= 11 is 3.08. The smallest absolute Gasteiger partial charge is 0.292 e. The lowest BCUT2D eigenvalue weighted by Gasteiger charge is -2.15. The number of alkyl halides is 2. The number of Topliss-reactive ketones (excluding diaryl/α,β-unsaturated/α-hetero) is 1. The van der Waals surface area contributed by atoms with Gasteiger partial charge in [-0.1, -0.05) is 38.6 Å². The lowest BCUT2D eigenvalue weighted by molar-refractivity contribution is 0.0950. The van der Waals surface area contributed by atoms with Crippen molar-refractivity contribution in [3.63, 3.8) is 0 Å². The van der Waals surface area contributed by atoms with Crippen LogP contribution in [0.2, 0.25) is 0 Å². The third kappa shape index (κ3) is 4.15. The van der Waals surface area contributed by atoms with Crippen LogP contribution in [0.15, 0.2) is 82.6 Å². The van der Waals surface area contributed by atoms with E-state index in [0.717, 1.165) is 20.7 Å². The standard InChI is InChI=1S/C23H21F2NOS2/c1-4-23(24,25)15-9-8-11-16(18(26)13-15)14(3)20(27)22-21(28-5-2)17-10-6-7-12-19(17)29-22/h4,6-7,9-14H,1,5,26H2,2-3H3. The molecule has 2 aromatic rings. The molecular weight excluding hydrogens is 408 g/mol. The summed E-state index contributed by atoms with van der Waals surface area (Å²) in [6.45, 7) is 6.96. The summed E-state index contributed by atoms with van der Waals surface area (Å²) in [6, 6.07) is 7.91. The van der Waals surface area contributed by atoms with E-state index in [-0.39, 0.29) is 17.1 Å². The molecule has 0 saturated carbocycles. The van der Waals surface area contributed by atoms with Gasteiger partial charge in [-0.15, -0.1) is 28.8 Å². The van der Waals surface area contributed by atoms with Crippen LogP contribution >= 0.6 is 23.1 Å². The van der Waals surface area contributed by atoms with E-state index in [1.165, 1.54) is 29.6 Å². The highest BCUT2D eigenvalue weighted by atomic mass is 32.2. The van der Waals surface area contributed by atoms with Gasteiger partial charge in [0, 0.05) is 32.2 Å². The molecule has 1 aliphatic rings. The maximum Gasteiger partial charge on any atom is 0.292 e. The molecule has 1 aromatic heterocycles. The van der Waals surface area contributed by atoms with Gasteiger partial charge in [0.05, 0.1) is 4.88 Å². The number of hydrogen-bond donors (Lipinski definition) is 1. The van der Waals surface area contributed by atoms with Crippen molar-refractivity contribution in [1.82, 2.24) is 0 Å². The summed E-state index contributed by atoms with van der Waals surface area (Å²) in [5.41, 5.74) is 9.14. The molecule has 150 valence electrons. The number of nitrogens with two attached hydrogens (primary N) is 1. The van der Waals surface area contributed by atoms with Gasteiger partial charge in [-0.05, 0) is 41.7 Å². The lowest BCUT2D eigenvalue weighted by atomic mass is 9.93. The molecule has 0 amide bonds. The molecule has 0 bridgehead atoms. The Balaban J connectivity index is 2.04. The van der Waals surface area contributed by atoms with E-state index in [0.29, 0.717) is 16.5 Å². The molecule has 1 aromatic carbocycles. The van der Waals surface area contributed by atoms with Gasteiger partial charge in [0.2, 0.25) is 0 Å². The van der Waals surface area contributed by atoms with Gasteiger partial charge in [-0.3, -0.25) is 4.79 Å². The fourth-order valence-electron chi connectivity index (χ4n) is 3.09. The first kappa shape index (κ1) is 21.3. The zero-order chi connectivity index (χ0) is 21.2. The number of halogens is 2. The van der Waals surface area contributed by atoms with Crippen LogP contribution in [-0.4, -0.2) is 17.5 Å². The Bertz CT molecular complexity index is 1100. The fourth-order valence-corrected chi connectivity index (χ4v) is 5.44. The van der Waals surface area contributed by atoms with Crippen molar-refractivity contribution in [1.29, 1.82) is 0 Å². The number of hydrogen-bond acceptors (Lipinski definition) is 4. The minimum absolute atomic E-state index is 0.0783. The van der Waals surface area contributed by atoms with Gasteiger partial charge in [0.15, 0.2) is 5.78 Å². The molecule has 3 rings (SSSR count). The van der Waals surface area contributed by atoms with E-state index in [9.17, 15) is 13.6 Å². The molecule has 0 fully saturated rings. The quantitative estimate of drug-likeness (QED) is 0.236. The molecule has 0 spiro atoms. The highest BCUT2D eigenvalue weighted by molar-refractivity contribution is 7.99. The predicted octanol–water partition coefficient (Wildman–Crippen LogP) is 6.52. The summed E-state index contributed by atoms with van der Waals surface area (Å²) in [6.07, 6.45) is 4.45. The zero-order valence-corrected chi connectivity index (χ0v) is 17.8. The molecule has 0 aliphatic heterocycles. The van der Waals surface area contributed by atoms with Crippen LogP contribution in [0.4, 0.5) is 8.78 Å². The first-order chi connectivity index (χ1) is 13.8. The number of carbonyl (C=O) groups is 1. The Morgan fingerprint density at radius 2 is 2.10 bits per heavy atom. The van der Waals surface area contributed by atoms with E-state index in [4.69, 9.17) is 5.73 Å². The van der Waals surface area contributed by atoms with Crippen LogP contribution in [0.25, 0.3) is 10.1 Å². The van der Waals surface area contributed by atoms with Crippen molar-refractivity contribution >= 4 is 39.0 Å². The first-order valence-corrected chi connectivity index (χ1v) is 10.9. The summed E-state index contributed by atoms with van der Waals surface area (Å²) in [7, 11) is 0. The van der Waals surface area contributed by atoms with Crippen molar-refractivity contribution in [3.8, 4) is 0 Å². The topological polar surface area (TPSA) is 43.1 Å². The van der Waals surface area contributed by atoms with E-state index in [1.807, 2.05) is 31.2 Å². The van der Waals surface area contributed by atoms with Gasteiger partial charge in [0.1, 0.15) is 0 Å². The summed E-state index contributed by atoms with van der Waals surface area (Å²) in [4.78, 5) is 15.0. The number of thioether (sulfide) groups is 1. The average molecular weight is 430 g/mol. The number of fused-ring (bicyclic) bond motifs is 1. The van der Waals surface area contributed by atoms with Crippen molar-refractivity contribution in [2.24, 2.45) is 11.7 Å². The van der Waals surface area contributed by atoms with Crippen LogP contribution < -0.4 is 5.73 Å². The SMILES string of the molecule is C=CC(F)(F)C1=CC(N)=C(C(C)C(=O)c2sc3ccccc3c2SCC)C=C=C1. The van der Waals surface area contributed by atoms with Crippen LogP contribution in [0.3, 0.4) is 0 Å². The molecule has 0 saturated heterocycles. The highest BCUT2D eigenvalue weighted by Crippen LogP contribution is 2.40. The largest absolute Gasteiger partial charge is 0.398 e. The highest BCUT2D eigenvalue weighted by Gasteiger charge is 2.30. The van der Waals surface area contributed by atoms with Gasteiger partial charge in [-0.2, -0.15) is 8.78 Å². The molecule has 29 heavy (non-hydrogen) atoms. The monoisotopic (exact) mass is 429 g/mol. The maximum atomic E-state index is 14.0. The predicted molar refractivity (Wildman–Crippen MR) is 119 cm³/mol. The molecule has 1 aliphatic carbocycles. The van der Waals surface area contributed by atoms with Crippen molar-refractivity contribution in [2.75, 3.05) is 5.75 Å². The molecule has 1 heterocycles. The van der Waals surface area contributed by atoms with Gasteiger partial charge in [0.25, 0.3) is 5.92 Å². The minimum atomic E-state index is -3.22. The Morgan fingerprint density at radius 1 is 1.38 bits per heavy atom. The summed E-state index contributed by atoms with van der Waals surface area (Å²) < 4.78 is 29.0. The molecule has 1 unspecified atom stereocenters. The van der Waals surface area contributed by atoms with E-state index < -0.39 is 11.8 Å². The van der Waals surface area contributed by atoms with E-state index in [1.54, 1.807) is 18.7 Å². The Morgan fingerprint density at radius 3 is 2.79 bits per heavy atom. The van der Waals surface area contributed by atoms with Gasteiger partial charge >= 0.3 is 0 Å². The van der Waals surface area contributed by atoms with Crippen LogP contribution in [0, 0.1) is 5.92 Å². The second kappa shape index (κ2) is 8.54. The first-order valence-electron chi connectivity index (χ1n) is 9.14. The molecule has 6 heteroatoms. The van der Waals surface area contributed by atoms with Gasteiger partial charge < -0.3 is 5.73 Å². The number of rotatable bonds is 7. The molecule has 0 radical (unpaired) electrons. The number of carbonyl (C=O) groups excluding carboxylic acids is 1. The molecule has 1 atom stereocenters. The summed E-state index contributed by atoms with van der Waals surface area (Å²) in [5, 5.41) is 1.06. The minimum Gasteiger partial charge on any atom is -0.398 e. The number of allylic oxidation sites excluding steroid dienone is 5. The van der Waals surface area contributed by atoms with Crippen LogP contribution in [0.1, 0.15) is 23.5 Å². The summed E-state index contributed by atoms with van der Waals surface area (Å²) in [5.74, 6) is -3.05. The van der Waals surface area contributed by atoms with Gasteiger partial charge in [-0.25, -0.2) is 0 Å². The maximum absolute atomic E-state index is 14.0.